The number of hydrogen-bond donors (Lipinski definition) is 0. The number of aryl methyl sites for hydroxylation is 1. The minimum atomic E-state index is -2.08. The Labute approximate surface area is 79.4 Å². The summed E-state index contributed by atoms with van der Waals surface area (Å²) in [4.78, 5) is 4.07. The lowest BCUT2D eigenvalue weighted by molar-refractivity contribution is 0.681. The smallest absolute Gasteiger partial charge is 0.164 e. The summed E-state index contributed by atoms with van der Waals surface area (Å²) in [5.41, 5.74) is 0.963. The molecule has 0 saturated heterocycles. The largest absolute Gasteiger partial charge is 0.250 e. The fourth-order valence-corrected chi connectivity index (χ4v) is 1.51. The first-order valence-corrected chi connectivity index (χ1v) is 6.26. The third-order valence-corrected chi connectivity index (χ3v) is 3.43. The van der Waals surface area contributed by atoms with Crippen LogP contribution in [0.1, 0.15) is 12.5 Å². The van der Waals surface area contributed by atoms with E-state index in [4.69, 9.17) is 0 Å². The van der Waals surface area contributed by atoms with Crippen LogP contribution in [-0.4, -0.2) is 21.2 Å². The molecule has 0 amide bonds. The van der Waals surface area contributed by atoms with E-state index >= 15 is 0 Å². The second-order valence-electron chi connectivity index (χ2n) is 2.98. The summed E-state index contributed by atoms with van der Waals surface area (Å²) in [6.45, 7) is 3.78. The van der Waals surface area contributed by atoms with Crippen molar-refractivity contribution in [3.8, 4) is 0 Å². The van der Waals surface area contributed by atoms with Gasteiger partial charge in [0, 0.05) is 18.2 Å². The predicted molar refractivity (Wildman–Crippen MR) is 55.7 cm³/mol. The Morgan fingerprint density at radius 3 is 2.85 bits per heavy atom. The van der Waals surface area contributed by atoms with Gasteiger partial charge in [-0.15, -0.1) is 0 Å². The van der Waals surface area contributed by atoms with E-state index in [0.717, 1.165) is 5.56 Å². The van der Waals surface area contributed by atoms with E-state index in [-0.39, 0.29) is 0 Å². The van der Waals surface area contributed by atoms with E-state index in [1.54, 1.807) is 12.5 Å². The maximum atomic E-state index is 11.7. The first-order valence-electron chi connectivity index (χ1n) is 4.16. The molecule has 0 aliphatic heterocycles. The lowest BCUT2D eigenvalue weighted by Gasteiger charge is -2.01. The SMILES string of the molecule is CC[S@@](C)(=O)=Nc1ncccc1C. The van der Waals surface area contributed by atoms with Gasteiger partial charge >= 0.3 is 0 Å². The minimum Gasteiger partial charge on any atom is -0.250 e. The van der Waals surface area contributed by atoms with Gasteiger partial charge in [-0.1, -0.05) is 13.0 Å². The van der Waals surface area contributed by atoms with Crippen LogP contribution >= 0.6 is 0 Å². The lowest BCUT2D eigenvalue weighted by atomic mass is 10.3. The first-order chi connectivity index (χ1) is 6.05. The Morgan fingerprint density at radius 2 is 2.31 bits per heavy atom. The van der Waals surface area contributed by atoms with E-state index in [1.165, 1.54) is 0 Å². The summed E-state index contributed by atoms with van der Waals surface area (Å²) in [6.07, 6.45) is 3.32. The number of pyridine rings is 1. The van der Waals surface area contributed by atoms with Gasteiger partial charge in [-0.05, 0) is 18.6 Å². The molecule has 0 aliphatic rings. The number of hydrogen-bond acceptors (Lipinski definition) is 3. The van der Waals surface area contributed by atoms with E-state index in [0.29, 0.717) is 11.6 Å². The highest BCUT2D eigenvalue weighted by atomic mass is 32.2. The van der Waals surface area contributed by atoms with Gasteiger partial charge in [0.2, 0.25) is 0 Å². The van der Waals surface area contributed by atoms with Crippen molar-refractivity contribution in [3.05, 3.63) is 23.9 Å². The normalized spacial score (nSPS) is 15.0. The molecule has 0 fully saturated rings. The molecule has 1 aromatic rings. The topological polar surface area (TPSA) is 42.3 Å². The summed E-state index contributed by atoms with van der Waals surface area (Å²) in [7, 11) is -2.08. The maximum absolute atomic E-state index is 11.7. The number of aromatic nitrogens is 1. The van der Waals surface area contributed by atoms with Crippen LogP contribution in [0.25, 0.3) is 0 Å². The van der Waals surface area contributed by atoms with Crippen molar-refractivity contribution in [3.63, 3.8) is 0 Å². The molecule has 3 nitrogen and oxygen atoms in total. The van der Waals surface area contributed by atoms with E-state index in [2.05, 4.69) is 9.35 Å². The highest BCUT2D eigenvalue weighted by molar-refractivity contribution is 7.93. The summed E-state index contributed by atoms with van der Waals surface area (Å²) >= 11 is 0. The summed E-state index contributed by atoms with van der Waals surface area (Å²) < 4.78 is 15.8. The Balaban J connectivity index is 3.19. The molecule has 0 aromatic carbocycles. The molecule has 1 heterocycles. The van der Waals surface area contributed by atoms with Crippen LogP contribution in [0.3, 0.4) is 0 Å². The molecule has 72 valence electrons. The predicted octanol–water partition coefficient (Wildman–Crippen LogP) is 2.14. The quantitative estimate of drug-likeness (QED) is 0.730. The van der Waals surface area contributed by atoms with E-state index in [1.807, 2.05) is 26.0 Å². The van der Waals surface area contributed by atoms with Crippen molar-refractivity contribution in [2.24, 2.45) is 4.36 Å². The highest BCUT2D eigenvalue weighted by Gasteiger charge is 2.00. The second kappa shape index (κ2) is 3.87. The highest BCUT2D eigenvalue weighted by Crippen LogP contribution is 2.15. The number of rotatable bonds is 2. The molecule has 1 aromatic heterocycles. The molecule has 1 atom stereocenters. The Morgan fingerprint density at radius 1 is 1.62 bits per heavy atom. The van der Waals surface area contributed by atoms with Crippen LogP contribution in [0.2, 0.25) is 0 Å². The van der Waals surface area contributed by atoms with Gasteiger partial charge in [0.05, 0.1) is 9.73 Å². The monoisotopic (exact) mass is 198 g/mol. The van der Waals surface area contributed by atoms with Crippen LogP contribution in [0.15, 0.2) is 22.7 Å². The van der Waals surface area contributed by atoms with Crippen molar-refractivity contribution in [1.29, 1.82) is 0 Å². The Hall–Kier alpha value is -0.900. The van der Waals surface area contributed by atoms with E-state index in [9.17, 15) is 4.21 Å². The average molecular weight is 198 g/mol. The van der Waals surface area contributed by atoms with Crippen LogP contribution in [-0.2, 0) is 9.73 Å². The fraction of sp³-hybridized carbons (Fsp3) is 0.444. The molecule has 0 spiro atoms. The van der Waals surface area contributed by atoms with Crippen LogP contribution < -0.4 is 0 Å². The van der Waals surface area contributed by atoms with Gasteiger partial charge < -0.3 is 0 Å². The zero-order chi connectivity index (χ0) is 9.90. The summed E-state index contributed by atoms with van der Waals surface area (Å²) in [6, 6.07) is 3.76. The molecule has 0 unspecified atom stereocenters. The molecule has 0 aliphatic carbocycles. The van der Waals surface area contributed by atoms with Gasteiger partial charge in [0.1, 0.15) is 0 Å². The van der Waals surface area contributed by atoms with Crippen molar-refractivity contribution in [1.82, 2.24) is 4.98 Å². The molecule has 0 bridgehead atoms. The second-order valence-corrected chi connectivity index (χ2v) is 5.66. The van der Waals surface area contributed by atoms with Gasteiger partial charge in [-0.3, -0.25) is 0 Å². The molecule has 1 rings (SSSR count). The van der Waals surface area contributed by atoms with Gasteiger partial charge in [0.15, 0.2) is 5.82 Å². The first kappa shape index (κ1) is 10.2. The molecule has 13 heavy (non-hydrogen) atoms. The van der Waals surface area contributed by atoms with Gasteiger partial charge in [-0.2, -0.15) is 4.36 Å². The molecule has 0 radical (unpaired) electrons. The summed E-state index contributed by atoms with van der Waals surface area (Å²) in [5.74, 6) is 1.15. The van der Waals surface area contributed by atoms with Crippen molar-refractivity contribution in [2.45, 2.75) is 13.8 Å². The zero-order valence-corrected chi connectivity index (χ0v) is 8.97. The zero-order valence-electron chi connectivity index (χ0n) is 8.15. The number of nitrogens with zero attached hydrogens (tertiary/aromatic N) is 2. The standard InChI is InChI=1S/C9H14N2OS/c1-4-13(3,12)11-9-8(2)6-5-7-10-9/h5-7H,4H2,1-3H3/t13-/m1/s1. The van der Waals surface area contributed by atoms with Crippen LogP contribution in [0.5, 0.6) is 0 Å². The Bertz CT molecular complexity index is 406. The van der Waals surface area contributed by atoms with Crippen molar-refractivity contribution >= 4 is 15.5 Å². The molecular formula is C9H14N2OS. The molecule has 4 heteroatoms. The molecule has 0 N–H and O–H groups in total. The molecular weight excluding hydrogens is 184 g/mol. The van der Waals surface area contributed by atoms with Crippen LogP contribution in [0.4, 0.5) is 5.82 Å². The lowest BCUT2D eigenvalue weighted by Crippen LogP contribution is -1.98. The van der Waals surface area contributed by atoms with Crippen LogP contribution in [0, 0.1) is 6.92 Å². The van der Waals surface area contributed by atoms with Gasteiger partial charge in [0.25, 0.3) is 0 Å². The summed E-state index contributed by atoms with van der Waals surface area (Å²) in [5, 5.41) is 0. The average Bonchev–Trinajstić information content (AvgIpc) is 2.09. The van der Waals surface area contributed by atoms with Gasteiger partial charge in [-0.25, -0.2) is 9.19 Å². The molecule has 0 saturated carbocycles. The maximum Gasteiger partial charge on any atom is 0.164 e. The van der Waals surface area contributed by atoms with Crippen molar-refractivity contribution < 1.29 is 4.21 Å². The third-order valence-electron chi connectivity index (χ3n) is 1.80. The minimum absolute atomic E-state index is 0.559. The Kier molecular flexibility index (Phi) is 3.03. The van der Waals surface area contributed by atoms with E-state index < -0.39 is 9.73 Å². The fourth-order valence-electron chi connectivity index (χ4n) is 0.820. The van der Waals surface area contributed by atoms with Crippen molar-refractivity contribution in [2.75, 3.05) is 12.0 Å². The third kappa shape index (κ3) is 2.81.